The van der Waals surface area contributed by atoms with E-state index in [9.17, 15) is 34.8 Å². The fourth-order valence-corrected chi connectivity index (χ4v) is 2.89. The number of aliphatic carboxylic acids is 1. The maximum atomic E-state index is 11.8. The van der Waals surface area contributed by atoms with Crippen LogP contribution in [0.25, 0.3) is 0 Å². The van der Waals surface area contributed by atoms with Crippen molar-refractivity contribution in [1.82, 2.24) is 10.6 Å². The standard InChI is InChI=1S/C17H30N2O9/c1-8(21)18-12-10(27-11(7-20)13(22)14(12)23)6-5-9(15(24)25)19-16(26)28-17(2,3)4/h9-14,20,22-23H,5-7H2,1-4H3,(H,18,21)(H,19,26)(H,24,25)/t9-,10-,11+,12-,13+,14+/m0/s1. The number of carboxylic acids is 1. The van der Waals surface area contributed by atoms with E-state index in [1.54, 1.807) is 20.8 Å². The molecule has 162 valence electrons. The van der Waals surface area contributed by atoms with Crippen molar-refractivity contribution in [3.8, 4) is 0 Å². The first-order valence-electron chi connectivity index (χ1n) is 8.97. The van der Waals surface area contributed by atoms with E-state index in [4.69, 9.17) is 9.47 Å². The van der Waals surface area contributed by atoms with E-state index < -0.39 is 66.7 Å². The predicted molar refractivity (Wildman–Crippen MR) is 95.4 cm³/mol. The fourth-order valence-electron chi connectivity index (χ4n) is 2.89. The number of hydrogen-bond donors (Lipinski definition) is 6. The highest BCUT2D eigenvalue weighted by molar-refractivity contribution is 5.80. The lowest BCUT2D eigenvalue weighted by Gasteiger charge is -2.43. The Bertz CT molecular complexity index is 563. The summed E-state index contributed by atoms with van der Waals surface area (Å²) in [7, 11) is 0. The van der Waals surface area contributed by atoms with Gasteiger partial charge in [0.05, 0.1) is 18.8 Å². The van der Waals surface area contributed by atoms with Gasteiger partial charge < -0.3 is 40.5 Å². The number of ether oxygens (including phenoxy) is 2. The zero-order chi connectivity index (χ0) is 21.6. The quantitative estimate of drug-likeness (QED) is 0.301. The average Bonchev–Trinajstić information content (AvgIpc) is 2.54. The number of rotatable bonds is 7. The molecular formula is C17H30N2O9. The number of carbonyl (C=O) groups is 3. The summed E-state index contributed by atoms with van der Waals surface area (Å²) in [5, 5.41) is 43.6. The Kier molecular flexibility index (Phi) is 8.61. The minimum atomic E-state index is -1.42. The first kappa shape index (κ1) is 24.1. The Morgan fingerprint density at radius 2 is 1.75 bits per heavy atom. The van der Waals surface area contributed by atoms with Crippen LogP contribution in [0.3, 0.4) is 0 Å². The van der Waals surface area contributed by atoms with Crippen molar-refractivity contribution < 1.29 is 44.3 Å². The third kappa shape index (κ3) is 7.23. The van der Waals surface area contributed by atoms with Crippen LogP contribution in [-0.2, 0) is 19.1 Å². The number of nitrogens with one attached hydrogen (secondary N) is 2. The van der Waals surface area contributed by atoms with Gasteiger partial charge in [-0.05, 0) is 33.6 Å². The summed E-state index contributed by atoms with van der Waals surface area (Å²) in [6.07, 6.45) is -5.80. The monoisotopic (exact) mass is 406 g/mol. The van der Waals surface area contributed by atoms with E-state index in [0.29, 0.717) is 0 Å². The summed E-state index contributed by atoms with van der Waals surface area (Å²) in [5.41, 5.74) is -0.801. The molecule has 2 amide bonds. The van der Waals surface area contributed by atoms with Gasteiger partial charge in [0.1, 0.15) is 30.0 Å². The molecule has 11 nitrogen and oxygen atoms in total. The van der Waals surface area contributed by atoms with Gasteiger partial charge in [-0.1, -0.05) is 0 Å². The van der Waals surface area contributed by atoms with E-state index in [1.807, 2.05) is 0 Å². The topological polar surface area (TPSA) is 175 Å². The number of carboxylic acid groups (broad SMARTS) is 1. The second-order valence-electron chi connectivity index (χ2n) is 7.72. The van der Waals surface area contributed by atoms with Crippen LogP contribution < -0.4 is 10.6 Å². The van der Waals surface area contributed by atoms with Crippen LogP contribution in [0.2, 0.25) is 0 Å². The lowest BCUT2D eigenvalue weighted by Crippen LogP contribution is -2.64. The zero-order valence-electron chi connectivity index (χ0n) is 16.4. The molecule has 6 N–H and O–H groups in total. The van der Waals surface area contributed by atoms with Crippen molar-refractivity contribution in [1.29, 1.82) is 0 Å². The van der Waals surface area contributed by atoms with Crippen molar-refractivity contribution >= 4 is 18.0 Å². The molecule has 0 aliphatic carbocycles. The molecule has 0 unspecified atom stereocenters. The Morgan fingerprint density at radius 1 is 1.14 bits per heavy atom. The normalized spacial score (nSPS) is 28.9. The van der Waals surface area contributed by atoms with E-state index in [1.165, 1.54) is 6.92 Å². The zero-order valence-corrected chi connectivity index (χ0v) is 16.4. The molecule has 0 radical (unpaired) electrons. The van der Waals surface area contributed by atoms with Crippen LogP contribution in [-0.4, -0.2) is 87.1 Å². The number of aliphatic hydroxyl groups excluding tert-OH is 3. The van der Waals surface area contributed by atoms with Crippen LogP contribution in [0, 0.1) is 0 Å². The number of carbonyl (C=O) groups excluding carboxylic acids is 2. The summed E-state index contributed by atoms with van der Waals surface area (Å²) < 4.78 is 10.6. The van der Waals surface area contributed by atoms with Crippen LogP contribution >= 0.6 is 0 Å². The third-order valence-corrected chi connectivity index (χ3v) is 4.13. The molecule has 1 rings (SSSR count). The maximum absolute atomic E-state index is 11.8. The molecule has 0 bridgehead atoms. The molecule has 1 aliphatic heterocycles. The van der Waals surface area contributed by atoms with Crippen LogP contribution in [0.1, 0.15) is 40.5 Å². The molecule has 11 heteroatoms. The van der Waals surface area contributed by atoms with E-state index >= 15 is 0 Å². The highest BCUT2D eigenvalue weighted by Gasteiger charge is 2.44. The fraction of sp³-hybridized carbons (Fsp3) is 0.824. The van der Waals surface area contributed by atoms with Crippen molar-refractivity contribution in [2.45, 2.75) is 82.6 Å². The van der Waals surface area contributed by atoms with Gasteiger partial charge in [0.25, 0.3) is 0 Å². The Hall–Kier alpha value is -1.95. The lowest BCUT2D eigenvalue weighted by molar-refractivity contribution is -0.197. The molecular weight excluding hydrogens is 376 g/mol. The first-order chi connectivity index (χ1) is 12.9. The highest BCUT2D eigenvalue weighted by Crippen LogP contribution is 2.25. The van der Waals surface area contributed by atoms with Crippen LogP contribution in [0.15, 0.2) is 0 Å². The molecule has 0 saturated carbocycles. The van der Waals surface area contributed by atoms with Crippen molar-refractivity contribution in [2.24, 2.45) is 0 Å². The SMILES string of the molecule is CC(=O)N[C@@H]1[C@@H](O)[C@H](O)[C@@H](CO)O[C@H]1CC[C@H](NC(=O)OC(C)(C)C)C(=O)O. The second-order valence-corrected chi connectivity index (χ2v) is 7.72. The molecule has 0 aromatic heterocycles. The van der Waals surface area contributed by atoms with E-state index in [0.717, 1.165) is 0 Å². The van der Waals surface area contributed by atoms with Gasteiger partial charge in [-0.2, -0.15) is 0 Å². The molecule has 28 heavy (non-hydrogen) atoms. The molecule has 1 fully saturated rings. The number of hydrogen-bond acceptors (Lipinski definition) is 8. The smallest absolute Gasteiger partial charge is 0.408 e. The van der Waals surface area contributed by atoms with E-state index in [2.05, 4.69) is 10.6 Å². The molecule has 0 aromatic carbocycles. The van der Waals surface area contributed by atoms with Gasteiger partial charge >= 0.3 is 12.1 Å². The molecule has 0 spiro atoms. The molecule has 6 atom stereocenters. The van der Waals surface area contributed by atoms with Crippen molar-refractivity contribution in [2.75, 3.05) is 6.61 Å². The molecule has 0 aromatic rings. The number of alkyl carbamates (subject to hydrolysis) is 1. The minimum Gasteiger partial charge on any atom is -0.480 e. The first-order valence-corrected chi connectivity index (χ1v) is 8.97. The predicted octanol–water partition coefficient (Wildman–Crippen LogP) is -1.27. The second kappa shape index (κ2) is 10.0. The average molecular weight is 406 g/mol. The maximum Gasteiger partial charge on any atom is 0.408 e. The van der Waals surface area contributed by atoms with Gasteiger partial charge in [-0.25, -0.2) is 9.59 Å². The van der Waals surface area contributed by atoms with E-state index in [-0.39, 0.29) is 12.8 Å². The third-order valence-electron chi connectivity index (χ3n) is 4.13. The molecule has 1 aliphatic rings. The van der Waals surface area contributed by atoms with Crippen LogP contribution in [0.5, 0.6) is 0 Å². The summed E-state index contributed by atoms with van der Waals surface area (Å²) in [6.45, 7) is 5.56. The Balaban J connectivity index is 2.82. The van der Waals surface area contributed by atoms with Crippen molar-refractivity contribution in [3.05, 3.63) is 0 Å². The van der Waals surface area contributed by atoms with Gasteiger partial charge in [-0.3, -0.25) is 4.79 Å². The lowest BCUT2D eigenvalue weighted by atomic mass is 9.89. The Morgan fingerprint density at radius 3 is 2.21 bits per heavy atom. The number of aliphatic hydroxyl groups is 3. The summed E-state index contributed by atoms with van der Waals surface area (Å²) >= 11 is 0. The van der Waals surface area contributed by atoms with Gasteiger partial charge in [0.15, 0.2) is 0 Å². The molecule has 1 heterocycles. The Labute approximate surface area is 163 Å². The minimum absolute atomic E-state index is 0.0119. The summed E-state index contributed by atoms with van der Waals surface area (Å²) in [6, 6.07) is -2.31. The van der Waals surface area contributed by atoms with Crippen LogP contribution in [0.4, 0.5) is 4.79 Å². The highest BCUT2D eigenvalue weighted by atomic mass is 16.6. The van der Waals surface area contributed by atoms with Gasteiger partial charge in [-0.15, -0.1) is 0 Å². The largest absolute Gasteiger partial charge is 0.480 e. The van der Waals surface area contributed by atoms with Crippen molar-refractivity contribution in [3.63, 3.8) is 0 Å². The van der Waals surface area contributed by atoms with Gasteiger partial charge in [0.2, 0.25) is 5.91 Å². The van der Waals surface area contributed by atoms with Gasteiger partial charge in [0, 0.05) is 6.92 Å². The summed E-state index contributed by atoms with van der Waals surface area (Å²) in [4.78, 5) is 34.7. The molecule has 1 saturated heterocycles. The summed E-state index contributed by atoms with van der Waals surface area (Å²) in [5.74, 6) is -1.77. The number of amides is 2.